The van der Waals surface area contributed by atoms with E-state index < -0.39 is 0 Å². The summed E-state index contributed by atoms with van der Waals surface area (Å²) >= 11 is 3.60. The smallest absolute Gasteiger partial charge is 1.00 e. The molecule has 1 rings (SSSR count). The molecular weight excluding hydrogens is 346 g/mol. The summed E-state index contributed by atoms with van der Waals surface area (Å²) in [6.07, 6.45) is 2.44. The maximum absolute atomic E-state index is 3.60. The van der Waals surface area contributed by atoms with E-state index >= 15 is 0 Å². The third-order valence-corrected chi connectivity index (χ3v) is 2.30. The minimum absolute atomic E-state index is 0. The second-order valence-corrected chi connectivity index (χ2v) is 5.51. The standard InChI is InChI=1S/C9H18.C5H5.2ClH.Cr.Mn/c1-8(2)6-5-7-9(3)4;1-2-4-5-3-1;;;;/h8-9H,6-7H2,1-4H3;1-5H;2*1H;;/q;-1;;;+3;/p-2. The van der Waals surface area contributed by atoms with Gasteiger partial charge in [-0.15, -0.1) is 0 Å². The van der Waals surface area contributed by atoms with Crippen molar-refractivity contribution in [1.82, 2.24) is 0 Å². The van der Waals surface area contributed by atoms with Crippen LogP contribution in [0.1, 0.15) is 40.5 Å². The van der Waals surface area contributed by atoms with Gasteiger partial charge in [0, 0.05) is 0 Å². The molecule has 1 aromatic carbocycles. The molecule has 0 N–H and O–H groups in total. The molecular formula is C14H23Cl2CrMn. The Balaban J connectivity index is -0.000000106. The second-order valence-electron chi connectivity index (χ2n) is 4.68. The molecule has 18 heavy (non-hydrogen) atoms. The van der Waals surface area contributed by atoms with Gasteiger partial charge < -0.3 is 24.8 Å². The van der Waals surface area contributed by atoms with Crippen LogP contribution in [-0.4, -0.2) is 4.42 Å². The summed E-state index contributed by atoms with van der Waals surface area (Å²) in [4.78, 5) is 0. The van der Waals surface area contributed by atoms with E-state index in [2.05, 4.69) is 43.3 Å². The molecule has 0 saturated heterocycles. The van der Waals surface area contributed by atoms with Crippen LogP contribution in [0.5, 0.6) is 0 Å². The summed E-state index contributed by atoms with van der Waals surface area (Å²) in [5.74, 6) is 1.57. The fraction of sp³-hybridized carbons (Fsp3) is 0.571. The Hall–Kier alpha value is 0.852. The molecule has 1 aromatic rings. The van der Waals surface area contributed by atoms with Gasteiger partial charge >= 0.3 is 89.7 Å². The van der Waals surface area contributed by atoms with Gasteiger partial charge in [0.05, 0.1) is 0 Å². The Kier molecular flexibility index (Phi) is 27.0. The maximum atomic E-state index is 3.60. The van der Waals surface area contributed by atoms with E-state index in [1.807, 2.05) is 30.3 Å². The predicted molar refractivity (Wildman–Crippen MR) is 66.0 cm³/mol. The number of hydrogen-bond acceptors (Lipinski definition) is 0. The molecule has 0 heterocycles. The molecule has 0 unspecified atom stereocenters. The predicted octanol–water partition coefficient (Wildman–Crippen LogP) is -1.79. The minimum Gasteiger partial charge on any atom is -1.00 e. The fourth-order valence-corrected chi connectivity index (χ4v) is 2.25. The summed E-state index contributed by atoms with van der Waals surface area (Å²) in [5.41, 5.74) is 0. The van der Waals surface area contributed by atoms with E-state index in [0.29, 0.717) is 0 Å². The number of rotatable bonds is 4. The molecule has 0 amide bonds. The van der Waals surface area contributed by atoms with Gasteiger partial charge in [0.2, 0.25) is 0 Å². The van der Waals surface area contributed by atoms with Gasteiger partial charge in [0.15, 0.2) is 0 Å². The molecule has 0 atom stereocenters. The van der Waals surface area contributed by atoms with E-state index in [4.69, 9.17) is 0 Å². The van der Waals surface area contributed by atoms with Crippen molar-refractivity contribution < 1.29 is 57.8 Å². The van der Waals surface area contributed by atoms with E-state index in [0.717, 1.165) is 11.8 Å². The van der Waals surface area contributed by atoms with Gasteiger partial charge in [-0.2, -0.15) is 18.2 Å². The zero-order valence-electron chi connectivity index (χ0n) is 11.5. The van der Waals surface area contributed by atoms with E-state index in [-0.39, 0.29) is 42.2 Å². The van der Waals surface area contributed by atoms with Crippen LogP contribution in [0.3, 0.4) is 0 Å². The van der Waals surface area contributed by atoms with Crippen molar-refractivity contribution in [2.24, 2.45) is 11.8 Å². The van der Waals surface area contributed by atoms with Gasteiger partial charge in [0.1, 0.15) is 0 Å². The quantitative estimate of drug-likeness (QED) is 0.435. The Morgan fingerprint density at radius 2 is 1.28 bits per heavy atom. The topological polar surface area (TPSA) is 0 Å². The third-order valence-electron chi connectivity index (χ3n) is 1.82. The Morgan fingerprint density at radius 1 is 0.944 bits per heavy atom. The molecule has 0 aliphatic rings. The monoisotopic (exact) mass is 368 g/mol. The van der Waals surface area contributed by atoms with Crippen LogP contribution in [0.2, 0.25) is 0 Å². The van der Waals surface area contributed by atoms with Gasteiger partial charge in [-0.05, 0) is 0 Å². The van der Waals surface area contributed by atoms with Crippen LogP contribution < -0.4 is 24.8 Å². The van der Waals surface area contributed by atoms with Crippen molar-refractivity contribution in [3.8, 4) is 0 Å². The molecule has 106 valence electrons. The molecule has 0 aliphatic heterocycles. The summed E-state index contributed by atoms with van der Waals surface area (Å²) in [5, 5.41) is 0. The fourth-order valence-electron chi connectivity index (χ4n) is 1.29. The SMILES string of the molecule is CC(C)C[C](=[Mn])CC(C)C.[Cl-].[Cl-].[Cr+3].c1cc[cH-]c1. The molecule has 0 saturated carbocycles. The number of halogens is 2. The molecule has 1 radical (unpaired) electrons. The average molecular weight is 369 g/mol. The summed E-state index contributed by atoms with van der Waals surface area (Å²) in [6, 6.07) is 10.0. The van der Waals surface area contributed by atoms with Crippen LogP contribution >= 0.6 is 0 Å². The normalized spacial score (nSPS) is 8.33. The van der Waals surface area contributed by atoms with Crippen LogP contribution in [0.25, 0.3) is 0 Å². The molecule has 0 spiro atoms. The Bertz CT molecular complexity index is 217. The van der Waals surface area contributed by atoms with Gasteiger partial charge in [-0.3, -0.25) is 0 Å². The van der Waals surface area contributed by atoms with Crippen molar-refractivity contribution in [3.63, 3.8) is 0 Å². The zero-order chi connectivity index (χ0) is 11.7. The van der Waals surface area contributed by atoms with Crippen LogP contribution in [0.4, 0.5) is 0 Å². The summed E-state index contributed by atoms with van der Waals surface area (Å²) < 4.78 is 1.47. The second kappa shape index (κ2) is 17.9. The van der Waals surface area contributed by atoms with E-state index in [1.165, 1.54) is 17.3 Å². The summed E-state index contributed by atoms with van der Waals surface area (Å²) in [7, 11) is 0. The van der Waals surface area contributed by atoms with E-state index in [1.54, 1.807) is 0 Å². The Morgan fingerprint density at radius 3 is 1.44 bits per heavy atom. The maximum Gasteiger partial charge on any atom is 3.00 e. The van der Waals surface area contributed by atoms with E-state index in [9.17, 15) is 0 Å². The van der Waals surface area contributed by atoms with Crippen molar-refractivity contribution in [2.45, 2.75) is 40.5 Å². The molecule has 0 bridgehead atoms. The first kappa shape index (κ1) is 27.2. The van der Waals surface area contributed by atoms with Crippen molar-refractivity contribution >= 4 is 4.42 Å². The average Bonchev–Trinajstić information content (AvgIpc) is 2.55. The van der Waals surface area contributed by atoms with Gasteiger partial charge in [0.25, 0.3) is 0 Å². The largest absolute Gasteiger partial charge is 3.00 e. The van der Waals surface area contributed by atoms with Crippen molar-refractivity contribution in [1.29, 1.82) is 0 Å². The Labute approximate surface area is 144 Å². The van der Waals surface area contributed by atoms with Crippen molar-refractivity contribution in [3.05, 3.63) is 30.3 Å². The minimum atomic E-state index is 0. The van der Waals surface area contributed by atoms with Crippen LogP contribution in [-0.2, 0) is 32.9 Å². The zero-order valence-corrected chi connectivity index (χ0v) is 15.5. The first-order chi connectivity index (χ1) is 7.02. The van der Waals surface area contributed by atoms with Crippen LogP contribution in [0, 0.1) is 11.8 Å². The third kappa shape index (κ3) is 22.1. The van der Waals surface area contributed by atoms with Gasteiger partial charge in [-0.1, -0.05) is 0 Å². The first-order valence-electron chi connectivity index (χ1n) is 5.69. The molecule has 0 fully saturated rings. The molecule has 0 nitrogen and oxygen atoms in total. The first-order valence-corrected chi connectivity index (χ1v) is 6.28. The number of hydrogen-bond donors (Lipinski definition) is 0. The molecule has 4 heteroatoms. The van der Waals surface area contributed by atoms with Gasteiger partial charge in [-0.25, -0.2) is 12.1 Å². The molecule has 0 aromatic heterocycles. The van der Waals surface area contributed by atoms with Crippen molar-refractivity contribution in [2.75, 3.05) is 0 Å². The molecule has 0 aliphatic carbocycles. The van der Waals surface area contributed by atoms with Crippen LogP contribution in [0.15, 0.2) is 30.3 Å². The summed E-state index contributed by atoms with van der Waals surface area (Å²) in [6.45, 7) is 9.01.